The smallest absolute Gasteiger partial charge is 0.254 e. The first-order valence-electron chi connectivity index (χ1n) is 8.90. The minimum absolute atomic E-state index is 0.0963. The quantitative estimate of drug-likeness (QED) is 0.721. The maximum atomic E-state index is 12.8. The monoisotopic (exact) mass is 343 g/mol. The summed E-state index contributed by atoms with van der Waals surface area (Å²) in [5.74, 6) is 0.0963. The molecule has 4 nitrogen and oxygen atoms in total. The molecule has 0 aliphatic carbocycles. The number of benzene rings is 2. The van der Waals surface area contributed by atoms with Crippen LogP contribution in [-0.4, -0.2) is 33.7 Å². The lowest BCUT2D eigenvalue weighted by molar-refractivity contribution is 0.0773. The molecule has 0 N–H and O–H groups in total. The van der Waals surface area contributed by atoms with Gasteiger partial charge in [-0.15, -0.1) is 0 Å². The number of hydrogen-bond donors (Lipinski definition) is 0. The van der Waals surface area contributed by atoms with Gasteiger partial charge in [0.15, 0.2) is 0 Å². The summed E-state index contributed by atoms with van der Waals surface area (Å²) in [4.78, 5) is 14.7. The molecule has 26 heavy (non-hydrogen) atoms. The number of carbonyl (C=O) groups excluding carboxylic acids is 1. The number of carbonyl (C=O) groups is 1. The topological polar surface area (TPSA) is 38.1 Å². The van der Waals surface area contributed by atoms with Gasteiger partial charge < -0.3 is 4.90 Å². The summed E-state index contributed by atoms with van der Waals surface area (Å²) >= 11 is 0. The van der Waals surface area contributed by atoms with Crippen LogP contribution in [0.5, 0.6) is 0 Å². The molecular formula is C22H21N3O. The third kappa shape index (κ3) is 3.59. The van der Waals surface area contributed by atoms with Crippen LogP contribution in [0.15, 0.2) is 79.1 Å². The fraction of sp³-hybridized carbons (Fsp3) is 0.182. The van der Waals surface area contributed by atoms with Gasteiger partial charge in [-0.05, 0) is 41.3 Å². The van der Waals surface area contributed by atoms with Gasteiger partial charge in [-0.2, -0.15) is 5.10 Å². The number of hydrogen-bond acceptors (Lipinski definition) is 2. The fourth-order valence-electron chi connectivity index (χ4n) is 3.28. The summed E-state index contributed by atoms with van der Waals surface area (Å²) < 4.78 is 1.87. The van der Waals surface area contributed by atoms with Crippen LogP contribution < -0.4 is 0 Å². The lowest BCUT2D eigenvalue weighted by Crippen LogP contribution is -2.34. The highest BCUT2D eigenvalue weighted by Crippen LogP contribution is 2.23. The van der Waals surface area contributed by atoms with Crippen molar-refractivity contribution in [1.82, 2.24) is 14.7 Å². The fourth-order valence-corrected chi connectivity index (χ4v) is 3.28. The Kier molecular flexibility index (Phi) is 4.65. The number of amides is 1. The standard InChI is InChI=1S/C22H21N3O/c26-22(21-9-7-18(8-10-21)17-25-14-4-13-23-25)24-15-11-20(12-16-24)19-5-2-1-3-6-19/h1-11,13-14H,12,15-17H2. The van der Waals surface area contributed by atoms with Gasteiger partial charge in [0.1, 0.15) is 0 Å². The Morgan fingerprint density at radius 2 is 1.81 bits per heavy atom. The molecule has 0 atom stereocenters. The SMILES string of the molecule is O=C(c1ccc(Cn2cccn2)cc1)N1CC=C(c2ccccc2)CC1. The summed E-state index contributed by atoms with van der Waals surface area (Å²) in [6, 6.07) is 20.1. The lowest BCUT2D eigenvalue weighted by Gasteiger charge is -2.27. The highest BCUT2D eigenvalue weighted by Gasteiger charge is 2.19. The maximum absolute atomic E-state index is 12.8. The molecule has 1 amide bonds. The number of rotatable bonds is 4. The summed E-state index contributed by atoms with van der Waals surface area (Å²) in [6.07, 6.45) is 6.77. The second-order valence-electron chi connectivity index (χ2n) is 6.50. The summed E-state index contributed by atoms with van der Waals surface area (Å²) in [6.45, 7) is 2.14. The van der Waals surface area contributed by atoms with E-state index >= 15 is 0 Å². The average molecular weight is 343 g/mol. The van der Waals surface area contributed by atoms with Crippen LogP contribution in [-0.2, 0) is 6.54 Å². The molecule has 3 aromatic rings. The van der Waals surface area contributed by atoms with E-state index in [9.17, 15) is 4.79 Å². The normalized spacial score (nSPS) is 14.2. The molecule has 0 saturated heterocycles. The Morgan fingerprint density at radius 3 is 2.46 bits per heavy atom. The summed E-state index contributed by atoms with van der Waals surface area (Å²) in [7, 11) is 0. The summed E-state index contributed by atoms with van der Waals surface area (Å²) in [5, 5.41) is 4.21. The van der Waals surface area contributed by atoms with Gasteiger partial charge in [0.2, 0.25) is 0 Å². The van der Waals surface area contributed by atoms with Crippen molar-refractivity contribution < 1.29 is 4.79 Å². The largest absolute Gasteiger partial charge is 0.335 e. The highest BCUT2D eigenvalue weighted by atomic mass is 16.2. The third-order valence-corrected chi connectivity index (χ3v) is 4.75. The molecule has 1 aliphatic rings. The average Bonchev–Trinajstić information content (AvgIpc) is 3.22. The predicted octanol–water partition coefficient (Wildman–Crippen LogP) is 3.86. The molecule has 0 radical (unpaired) electrons. The van der Waals surface area contributed by atoms with Crippen LogP contribution in [0.1, 0.15) is 27.9 Å². The van der Waals surface area contributed by atoms with E-state index in [1.54, 1.807) is 6.20 Å². The van der Waals surface area contributed by atoms with Crippen molar-refractivity contribution in [3.05, 3.63) is 95.8 Å². The predicted molar refractivity (Wildman–Crippen MR) is 103 cm³/mol. The molecule has 0 saturated carbocycles. The molecule has 2 heterocycles. The first-order chi connectivity index (χ1) is 12.8. The van der Waals surface area contributed by atoms with Gasteiger partial charge in [0.05, 0.1) is 6.54 Å². The van der Waals surface area contributed by atoms with Crippen molar-refractivity contribution in [1.29, 1.82) is 0 Å². The molecular weight excluding hydrogens is 322 g/mol. The van der Waals surface area contributed by atoms with Gasteiger partial charge >= 0.3 is 0 Å². The van der Waals surface area contributed by atoms with Crippen molar-refractivity contribution >= 4 is 11.5 Å². The van der Waals surface area contributed by atoms with Crippen LogP contribution >= 0.6 is 0 Å². The van der Waals surface area contributed by atoms with E-state index in [0.717, 1.165) is 24.1 Å². The minimum atomic E-state index is 0.0963. The molecule has 4 heteroatoms. The zero-order valence-corrected chi connectivity index (χ0v) is 14.6. The summed E-state index contributed by atoms with van der Waals surface area (Å²) in [5.41, 5.74) is 4.45. The lowest BCUT2D eigenvalue weighted by atomic mass is 9.99. The van der Waals surface area contributed by atoms with E-state index in [1.165, 1.54) is 11.1 Å². The molecule has 0 fully saturated rings. The first-order valence-corrected chi connectivity index (χ1v) is 8.90. The van der Waals surface area contributed by atoms with Crippen LogP contribution in [0, 0.1) is 0 Å². The van der Waals surface area contributed by atoms with Crippen molar-refractivity contribution in [3.63, 3.8) is 0 Å². The van der Waals surface area contributed by atoms with Gasteiger partial charge in [-0.25, -0.2) is 0 Å². The van der Waals surface area contributed by atoms with Crippen LogP contribution in [0.2, 0.25) is 0 Å². The van der Waals surface area contributed by atoms with Gasteiger partial charge in [-0.3, -0.25) is 9.48 Å². The Labute approximate surface area is 153 Å². The maximum Gasteiger partial charge on any atom is 0.254 e. The van der Waals surface area contributed by atoms with Gasteiger partial charge in [0.25, 0.3) is 5.91 Å². The van der Waals surface area contributed by atoms with Crippen molar-refractivity contribution in [2.24, 2.45) is 0 Å². The molecule has 1 aromatic heterocycles. The second-order valence-corrected chi connectivity index (χ2v) is 6.50. The Morgan fingerprint density at radius 1 is 1.00 bits per heavy atom. The van der Waals surface area contributed by atoms with Crippen LogP contribution in [0.3, 0.4) is 0 Å². The zero-order valence-electron chi connectivity index (χ0n) is 14.6. The van der Waals surface area contributed by atoms with Crippen LogP contribution in [0.25, 0.3) is 5.57 Å². The minimum Gasteiger partial charge on any atom is -0.335 e. The molecule has 0 spiro atoms. The van der Waals surface area contributed by atoms with Crippen LogP contribution in [0.4, 0.5) is 0 Å². The van der Waals surface area contributed by atoms with Crippen molar-refractivity contribution in [2.45, 2.75) is 13.0 Å². The van der Waals surface area contributed by atoms with Crippen molar-refractivity contribution in [2.75, 3.05) is 13.1 Å². The van der Waals surface area contributed by atoms with E-state index < -0.39 is 0 Å². The molecule has 1 aliphatic heterocycles. The zero-order chi connectivity index (χ0) is 17.8. The van der Waals surface area contributed by atoms with Crippen molar-refractivity contribution in [3.8, 4) is 0 Å². The van der Waals surface area contributed by atoms with Gasteiger partial charge in [0, 0.05) is 31.0 Å². The molecule has 0 bridgehead atoms. The molecule has 4 rings (SSSR count). The van der Waals surface area contributed by atoms with E-state index in [-0.39, 0.29) is 5.91 Å². The third-order valence-electron chi connectivity index (χ3n) is 4.75. The second kappa shape index (κ2) is 7.40. The number of nitrogens with zero attached hydrogens (tertiary/aromatic N) is 3. The molecule has 2 aromatic carbocycles. The Hall–Kier alpha value is -3.14. The number of aromatic nitrogens is 2. The van der Waals surface area contributed by atoms with E-state index in [2.05, 4.69) is 35.4 Å². The highest BCUT2D eigenvalue weighted by molar-refractivity contribution is 5.94. The van der Waals surface area contributed by atoms with Gasteiger partial charge in [-0.1, -0.05) is 48.5 Å². The molecule has 130 valence electrons. The van der Waals surface area contributed by atoms with E-state index in [1.807, 2.05) is 52.2 Å². The van der Waals surface area contributed by atoms with E-state index in [4.69, 9.17) is 0 Å². The molecule has 0 unspecified atom stereocenters. The van der Waals surface area contributed by atoms with E-state index in [0.29, 0.717) is 13.1 Å². The first kappa shape index (κ1) is 16.3. The Bertz CT molecular complexity index is 896. The Balaban J connectivity index is 1.41.